The van der Waals surface area contributed by atoms with Crippen LogP contribution in [0.25, 0.3) is 10.1 Å². The average molecular weight is 210 g/mol. The van der Waals surface area contributed by atoms with Crippen LogP contribution in [0.1, 0.15) is 4.88 Å². The Morgan fingerprint density at radius 3 is 2.86 bits per heavy atom. The number of ether oxygens (including phenoxy) is 1. The van der Waals surface area contributed by atoms with Gasteiger partial charge in [-0.3, -0.25) is 0 Å². The fourth-order valence-electron chi connectivity index (χ4n) is 1.44. The number of aliphatic hydroxyl groups excluding tert-OH is 1. The number of hydrogen-bond acceptors (Lipinski definition) is 4. The van der Waals surface area contributed by atoms with Crippen molar-refractivity contribution in [3.05, 3.63) is 23.1 Å². The number of fused-ring (bicyclic) bond motifs is 1. The van der Waals surface area contributed by atoms with Gasteiger partial charge in [-0.15, -0.1) is 11.3 Å². The summed E-state index contributed by atoms with van der Waals surface area (Å²) in [6, 6.07) is 5.07. The van der Waals surface area contributed by atoms with Crippen LogP contribution in [0, 0.1) is 0 Å². The molecule has 0 atom stereocenters. The molecule has 1 heterocycles. The highest BCUT2D eigenvalue weighted by molar-refractivity contribution is 7.19. The molecule has 0 saturated heterocycles. The summed E-state index contributed by atoms with van der Waals surface area (Å²) < 4.78 is 6.12. The normalized spacial score (nSPS) is 10.7. The van der Waals surface area contributed by atoms with Gasteiger partial charge in [0.15, 0.2) is 0 Å². The number of rotatable bonds is 2. The molecule has 0 bridgehead atoms. The number of hydrogen-bond donors (Lipinski definition) is 2. The Hall–Kier alpha value is -1.26. The maximum Gasteiger partial charge on any atom is 0.142 e. The summed E-state index contributed by atoms with van der Waals surface area (Å²) in [6.07, 6.45) is 0. The first-order valence-corrected chi connectivity index (χ1v) is 4.97. The fraction of sp³-hybridized carbons (Fsp3) is 0.200. The predicted molar refractivity (Wildman–Crippen MR) is 56.0 cm³/mol. The number of aromatic hydroxyl groups is 1. The third-order valence-electron chi connectivity index (χ3n) is 2.04. The minimum atomic E-state index is -0.0384. The van der Waals surface area contributed by atoms with Crippen LogP contribution in [0.5, 0.6) is 11.5 Å². The lowest BCUT2D eigenvalue weighted by atomic mass is 10.2. The lowest BCUT2D eigenvalue weighted by Gasteiger charge is -1.99. The number of thiophene rings is 1. The van der Waals surface area contributed by atoms with Crippen LogP contribution < -0.4 is 4.74 Å². The molecule has 2 rings (SSSR count). The van der Waals surface area contributed by atoms with E-state index in [4.69, 9.17) is 9.84 Å². The number of phenols is 1. The van der Waals surface area contributed by atoms with Gasteiger partial charge in [0.2, 0.25) is 0 Å². The van der Waals surface area contributed by atoms with Crippen molar-refractivity contribution in [2.24, 2.45) is 0 Å². The summed E-state index contributed by atoms with van der Waals surface area (Å²) in [5.41, 5.74) is 0. The van der Waals surface area contributed by atoms with E-state index in [1.807, 2.05) is 0 Å². The first kappa shape index (κ1) is 9.30. The molecule has 0 spiro atoms. The van der Waals surface area contributed by atoms with E-state index >= 15 is 0 Å². The van der Waals surface area contributed by atoms with Gasteiger partial charge in [-0.1, -0.05) is 0 Å². The zero-order valence-corrected chi connectivity index (χ0v) is 8.47. The molecular weight excluding hydrogens is 200 g/mol. The largest absolute Gasteiger partial charge is 0.508 e. The first-order valence-electron chi connectivity index (χ1n) is 4.15. The number of methoxy groups -OCH3 is 1. The van der Waals surface area contributed by atoms with Crippen molar-refractivity contribution >= 4 is 21.4 Å². The molecule has 74 valence electrons. The van der Waals surface area contributed by atoms with Crippen molar-refractivity contribution in [1.29, 1.82) is 0 Å². The van der Waals surface area contributed by atoms with Crippen molar-refractivity contribution in [3.63, 3.8) is 0 Å². The van der Waals surface area contributed by atoms with E-state index in [-0.39, 0.29) is 12.4 Å². The highest BCUT2D eigenvalue weighted by Crippen LogP contribution is 2.38. The van der Waals surface area contributed by atoms with E-state index in [0.29, 0.717) is 5.75 Å². The molecule has 0 aliphatic carbocycles. The summed E-state index contributed by atoms with van der Waals surface area (Å²) in [5, 5.41) is 19.3. The highest BCUT2D eigenvalue weighted by atomic mass is 32.1. The third-order valence-corrected chi connectivity index (χ3v) is 3.16. The fourth-order valence-corrected chi connectivity index (χ4v) is 2.51. The zero-order valence-electron chi connectivity index (χ0n) is 7.65. The monoisotopic (exact) mass is 210 g/mol. The van der Waals surface area contributed by atoms with E-state index in [2.05, 4.69) is 0 Å². The van der Waals surface area contributed by atoms with E-state index in [9.17, 15) is 5.11 Å². The van der Waals surface area contributed by atoms with Gasteiger partial charge >= 0.3 is 0 Å². The summed E-state index contributed by atoms with van der Waals surface area (Å²) in [5.74, 6) is 0.929. The summed E-state index contributed by atoms with van der Waals surface area (Å²) >= 11 is 1.43. The van der Waals surface area contributed by atoms with Crippen molar-refractivity contribution in [2.45, 2.75) is 6.61 Å². The number of phenolic OH excluding ortho intramolecular Hbond substituents is 1. The first-order chi connectivity index (χ1) is 6.76. The molecule has 3 nitrogen and oxygen atoms in total. The SMILES string of the molecule is COc1c(CO)sc2cc(O)ccc12. The molecule has 2 N–H and O–H groups in total. The smallest absolute Gasteiger partial charge is 0.142 e. The van der Waals surface area contributed by atoms with E-state index in [1.54, 1.807) is 25.3 Å². The Labute approximate surface area is 85.2 Å². The van der Waals surface area contributed by atoms with Crippen LogP contribution in [-0.4, -0.2) is 17.3 Å². The lowest BCUT2D eigenvalue weighted by Crippen LogP contribution is -1.85. The van der Waals surface area contributed by atoms with Gasteiger partial charge in [-0.2, -0.15) is 0 Å². The van der Waals surface area contributed by atoms with Crippen molar-refractivity contribution < 1.29 is 14.9 Å². The molecule has 0 unspecified atom stereocenters. The van der Waals surface area contributed by atoms with Gasteiger partial charge < -0.3 is 14.9 Å². The van der Waals surface area contributed by atoms with Crippen LogP contribution in [0.2, 0.25) is 0 Å². The zero-order chi connectivity index (χ0) is 10.1. The summed E-state index contributed by atoms with van der Waals surface area (Å²) in [6.45, 7) is -0.0384. The Balaban J connectivity index is 2.73. The molecule has 0 fully saturated rings. The quantitative estimate of drug-likeness (QED) is 0.798. The maximum atomic E-state index is 9.28. The van der Waals surface area contributed by atoms with Crippen molar-refractivity contribution in [2.75, 3.05) is 7.11 Å². The van der Waals surface area contributed by atoms with Crippen molar-refractivity contribution in [1.82, 2.24) is 0 Å². The Bertz CT molecular complexity index is 462. The van der Waals surface area contributed by atoms with E-state index in [1.165, 1.54) is 11.3 Å². The molecular formula is C10H10O3S. The average Bonchev–Trinajstić information content (AvgIpc) is 2.54. The van der Waals surface area contributed by atoms with Crippen molar-refractivity contribution in [3.8, 4) is 11.5 Å². The molecule has 4 heteroatoms. The molecule has 14 heavy (non-hydrogen) atoms. The molecule has 0 radical (unpaired) electrons. The molecule has 0 amide bonds. The van der Waals surface area contributed by atoms with Gasteiger partial charge in [0.1, 0.15) is 11.5 Å². The topological polar surface area (TPSA) is 49.7 Å². The second-order valence-electron chi connectivity index (χ2n) is 2.90. The van der Waals surface area contributed by atoms with Gasteiger partial charge in [-0.25, -0.2) is 0 Å². The number of aliphatic hydroxyl groups is 1. The Kier molecular flexibility index (Phi) is 2.31. The second-order valence-corrected chi connectivity index (χ2v) is 4.03. The molecule has 1 aromatic carbocycles. The van der Waals surface area contributed by atoms with Crippen LogP contribution in [0.3, 0.4) is 0 Å². The second kappa shape index (κ2) is 3.48. The highest BCUT2D eigenvalue weighted by Gasteiger charge is 2.11. The molecule has 0 saturated carbocycles. The van der Waals surface area contributed by atoms with E-state index in [0.717, 1.165) is 15.0 Å². The van der Waals surface area contributed by atoms with Crippen LogP contribution in [0.4, 0.5) is 0 Å². The van der Waals surface area contributed by atoms with Gasteiger partial charge in [0, 0.05) is 10.1 Å². The van der Waals surface area contributed by atoms with E-state index < -0.39 is 0 Å². The predicted octanol–water partition coefficient (Wildman–Crippen LogP) is 2.11. The molecule has 0 aliphatic heterocycles. The summed E-state index contributed by atoms with van der Waals surface area (Å²) in [4.78, 5) is 0.785. The van der Waals surface area contributed by atoms with Gasteiger partial charge in [0.05, 0.1) is 18.6 Å². The minimum absolute atomic E-state index is 0.0384. The third kappa shape index (κ3) is 1.32. The number of benzene rings is 1. The molecule has 2 aromatic rings. The molecule has 0 aliphatic rings. The lowest BCUT2D eigenvalue weighted by molar-refractivity contribution is 0.278. The van der Waals surface area contributed by atoms with Crippen LogP contribution in [-0.2, 0) is 6.61 Å². The minimum Gasteiger partial charge on any atom is -0.508 e. The van der Waals surface area contributed by atoms with Gasteiger partial charge in [-0.05, 0) is 18.2 Å². The van der Waals surface area contributed by atoms with Crippen LogP contribution >= 0.6 is 11.3 Å². The molecule has 1 aromatic heterocycles. The summed E-state index contributed by atoms with van der Waals surface area (Å²) in [7, 11) is 1.58. The standard InChI is InChI=1S/C10H10O3S/c1-13-10-7-3-2-6(12)4-8(7)14-9(10)5-11/h2-4,11-12H,5H2,1H3. The Morgan fingerprint density at radius 2 is 2.21 bits per heavy atom. The van der Waals surface area contributed by atoms with Crippen LogP contribution in [0.15, 0.2) is 18.2 Å². The Morgan fingerprint density at radius 1 is 1.43 bits per heavy atom. The maximum absolute atomic E-state index is 9.28. The van der Waals surface area contributed by atoms with Gasteiger partial charge in [0.25, 0.3) is 0 Å².